The molecular formula is C19H31N3O2. The first-order chi connectivity index (χ1) is 11.7. The molecule has 1 saturated heterocycles. The summed E-state index contributed by atoms with van der Waals surface area (Å²) in [5, 5.41) is 15.3. The topological polar surface area (TPSA) is 64.6 Å². The molecule has 0 aliphatic carbocycles. The minimum Gasteiger partial charge on any atom is -0.396 e. The number of hydrogen-bond acceptors (Lipinski definition) is 3. The number of nitrogens with one attached hydrogen (secondary N) is 2. The van der Waals surface area contributed by atoms with E-state index in [9.17, 15) is 4.79 Å². The second-order valence-electron chi connectivity index (χ2n) is 6.56. The van der Waals surface area contributed by atoms with Gasteiger partial charge in [0, 0.05) is 25.7 Å². The van der Waals surface area contributed by atoms with Crippen LogP contribution in [-0.2, 0) is 0 Å². The van der Waals surface area contributed by atoms with Gasteiger partial charge in [0.2, 0.25) is 0 Å². The van der Waals surface area contributed by atoms with Crippen molar-refractivity contribution in [3.05, 3.63) is 35.9 Å². The third-order valence-corrected chi connectivity index (χ3v) is 4.62. The Morgan fingerprint density at radius 2 is 2.00 bits per heavy atom. The van der Waals surface area contributed by atoms with Gasteiger partial charge in [-0.3, -0.25) is 0 Å². The molecule has 134 valence electrons. The van der Waals surface area contributed by atoms with Gasteiger partial charge in [0.25, 0.3) is 0 Å². The molecule has 0 saturated carbocycles. The standard InChI is InChI=1S/C19H31N3O2/c1-2-12-22-13-10-17(11-14-22)20-19(24)21-18(9-6-15-23)16-7-4-3-5-8-16/h3-5,7-8,17-18,23H,2,6,9-15H2,1H3,(H2,20,21,24). The number of nitrogens with zero attached hydrogens (tertiary/aromatic N) is 1. The van der Waals surface area contributed by atoms with Crippen molar-refractivity contribution in [3.8, 4) is 0 Å². The summed E-state index contributed by atoms with van der Waals surface area (Å²) in [4.78, 5) is 14.8. The molecule has 0 spiro atoms. The fraction of sp³-hybridized carbons (Fsp3) is 0.632. The van der Waals surface area contributed by atoms with E-state index in [-0.39, 0.29) is 24.7 Å². The van der Waals surface area contributed by atoms with Crippen molar-refractivity contribution >= 4 is 6.03 Å². The van der Waals surface area contributed by atoms with Crippen LogP contribution < -0.4 is 10.6 Å². The Hall–Kier alpha value is -1.59. The van der Waals surface area contributed by atoms with Crippen LogP contribution in [0.15, 0.2) is 30.3 Å². The first kappa shape index (κ1) is 18.7. The van der Waals surface area contributed by atoms with E-state index in [4.69, 9.17) is 5.11 Å². The van der Waals surface area contributed by atoms with Crippen LogP contribution in [0.3, 0.4) is 0 Å². The highest BCUT2D eigenvalue weighted by Gasteiger charge is 2.21. The van der Waals surface area contributed by atoms with Crippen LogP contribution in [0.4, 0.5) is 4.79 Å². The molecule has 2 amide bonds. The number of carbonyl (C=O) groups is 1. The Bertz CT molecular complexity index is 473. The number of likely N-dealkylation sites (tertiary alicyclic amines) is 1. The summed E-state index contributed by atoms with van der Waals surface area (Å²) in [5.41, 5.74) is 1.08. The Kier molecular flexibility index (Phi) is 8.05. The maximum atomic E-state index is 12.4. The first-order valence-corrected chi connectivity index (χ1v) is 9.18. The minimum atomic E-state index is -0.101. The average molecular weight is 333 g/mol. The third-order valence-electron chi connectivity index (χ3n) is 4.62. The van der Waals surface area contributed by atoms with Crippen molar-refractivity contribution in [1.82, 2.24) is 15.5 Å². The molecule has 0 bridgehead atoms. The highest BCUT2D eigenvalue weighted by atomic mass is 16.3. The summed E-state index contributed by atoms with van der Waals surface area (Å²) in [6, 6.07) is 10.1. The van der Waals surface area contributed by atoms with E-state index in [1.165, 1.54) is 6.42 Å². The molecule has 1 heterocycles. The van der Waals surface area contributed by atoms with Gasteiger partial charge in [0.05, 0.1) is 6.04 Å². The van der Waals surface area contributed by atoms with Crippen LogP contribution in [0.1, 0.15) is 50.6 Å². The molecule has 1 aromatic carbocycles. The van der Waals surface area contributed by atoms with Crippen molar-refractivity contribution in [2.75, 3.05) is 26.2 Å². The number of carbonyl (C=O) groups excluding carboxylic acids is 1. The maximum absolute atomic E-state index is 12.4. The molecule has 5 nitrogen and oxygen atoms in total. The SMILES string of the molecule is CCCN1CCC(NC(=O)NC(CCCO)c2ccccc2)CC1. The van der Waals surface area contributed by atoms with Crippen LogP contribution in [0, 0.1) is 0 Å². The molecule has 24 heavy (non-hydrogen) atoms. The Morgan fingerprint density at radius 3 is 2.62 bits per heavy atom. The van der Waals surface area contributed by atoms with Gasteiger partial charge in [0.1, 0.15) is 0 Å². The van der Waals surface area contributed by atoms with Gasteiger partial charge < -0.3 is 20.6 Å². The highest BCUT2D eigenvalue weighted by Crippen LogP contribution is 2.18. The summed E-state index contributed by atoms with van der Waals surface area (Å²) < 4.78 is 0. The minimum absolute atomic E-state index is 0.0569. The van der Waals surface area contributed by atoms with Gasteiger partial charge in [0.15, 0.2) is 0 Å². The van der Waals surface area contributed by atoms with Gasteiger partial charge in [-0.25, -0.2) is 4.79 Å². The molecule has 2 rings (SSSR count). The predicted octanol–water partition coefficient (Wildman–Crippen LogP) is 2.67. The number of hydrogen-bond donors (Lipinski definition) is 3. The lowest BCUT2D eigenvalue weighted by Gasteiger charge is -2.32. The lowest BCUT2D eigenvalue weighted by Crippen LogP contribution is -2.48. The molecule has 3 N–H and O–H groups in total. The van der Waals surface area contributed by atoms with Crippen LogP contribution in [0.25, 0.3) is 0 Å². The smallest absolute Gasteiger partial charge is 0.315 e. The fourth-order valence-electron chi connectivity index (χ4n) is 3.31. The summed E-state index contributed by atoms with van der Waals surface area (Å²) in [5.74, 6) is 0. The molecule has 1 aliphatic heterocycles. The lowest BCUT2D eigenvalue weighted by atomic mass is 10.0. The van der Waals surface area contributed by atoms with Crippen molar-refractivity contribution in [2.45, 2.75) is 51.1 Å². The number of amides is 2. The molecule has 5 heteroatoms. The van der Waals surface area contributed by atoms with E-state index in [2.05, 4.69) is 22.5 Å². The van der Waals surface area contributed by atoms with E-state index < -0.39 is 0 Å². The van der Waals surface area contributed by atoms with Crippen molar-refractivity contribution < 1.29 is 9.90 Å². The van der Waals surface area contributed by atoms with Crippen molar-refractivity contribution in [3.63, 3.8) is 0 Å². The second-order valence-corrected chi connectivity index (χ2v) is 6.56. The van der Waals surface area contributed by atoms with Crippen molar-refractivity contribution in [2.24, 2.45) is 0 Å². The summed E-state index contributed by atoms with van der Waals surface area (Å²) >= 11 is 0. The maximum Gasteiger partial charge on any atom is 0.315 e. The quantitative estimate of drug-likeness (QED) is 0.685. The largest absolute Gasteiger partial charge is 0.396 e. The number of piperidine rings is 1. The first-order valence-electron chi connectivity index (χ1n) is 9.18. The molecule has 1 aliphatic rings. The zero-order valence-corrected chi connectivity index (χ0v) is 14.7. The van der Waals surface area contributed by atoms with E-state index in [0.29, 0.717) is 6.42 Å². The van der Waals surface area contributed by atoms with E-state index in [0.717, 1.165) is 44.5 Å². The summed E-state index contributed by atoms with van der Waals surface area (Å²) in [6.45, 7) is 5.61. The second kappa shape index (κ2) is 10.3. The zero-order valence-electron chi connectivity index (χ0n) is 14.7. The highest BCUT2D eigenvalue weighted by molar-refractivity contribution is 5.74. The molecule has 1 unspecified atom stereocenters. The number of rotatable bonds is 8. The third kappa shape index (κ3) is 6.13. The molecule has 1 aromatic rings. The molecule has 1 atom stereocenters. The number of aliphatic hydroxyl groups is 1. The van der Waals surface area contributed by atoms with Crippen molar-refractivity contribution in [1.29, 1.82) is 0 Å². The van der Waals surface area contributed by atoms with Crippen LogP contribution >= 0.6 is 0 Å². The van der Waals surface area contributed by atoms with E-state index in [1.54, 1.807) is 0 Å². The summed E-state index contributed by atoms with van der Waals surface area (Å²) in [6.07, 6.45) is 4.63. The van der Waals surface area contributed by atoms with Crippen LogP contribution in [-0.4, -0.2) is 48.3 Å². The zero-order chi connectivity index (χ0) is 17.2. The Morgan fingerprint density at radius 1 is 1.29 bits per heavy atom. The monoisotopic (exact) mass is 333 g/mol. The normalized spacial score (nSPS) is 17.4. The molecular weight excluding hydrogens is 302 g/mol. The van der Waals surface area contributed by atoms with Crippen LogP contribution in [0.5, 0.6) is 0 Å². The fourth-order valence-corrected chi connectivity index (χ4v) is 3.31. The Labute approximate surface area is 145 Å². The van der Waals surface area contributed by atoms with Gasteiger partial charge in [-0.05, 0) is 44.2 Å². The van der Waals surface area contributed by atoms with E-state index in [1.807, 2.05) is 30.3 Å². The lowest BCUT2D eigenvalue weighted by molar-refractivity contribution is 0.190. The Balaban J connectivity index is 1.82. The predicted molar refractivity (Wildman–Crippen MR) is 96.9 cm³/mol. The van der Waals surface area contributed by atoms with Gasteiger partial charge in [-0.1, -0.05) is 37.3 Å². The number of benzene rings is 1. The van der Waals surface area contributed by atoms with Gasteiger partial charge in [-0.15, -0.1) is 0 Å². The summed E-state index contributed by atoms with van der Waals surface area (Å²) in [7, 11) is 0. The molecule has 0 aromatic heterocycles. The average Bonchev–Trinajstić information content (AvgIpc) is 2.61. The molecule has 1 fully saturated rings. The van der Waals surface area contributed by atoms with Crippen LogP contribution in [0.2, 0.25) is 0 Å². The number of urea groups is 1. The van der Waals surface area contributed by atoms with Gasteiger partial charge >= 0.3 is 6.03 Å². The number of aliphatic hydroxyl groups excluding tert-OH is 1. The molecule has 0 radical (unpaired) electrons. The van der Waals surface area contributed by atoms with Gasteiger partial charge in [-0.2, -0.15) is 0 Å². The van der Waals surface area contributed by atoms with E-state index >= 15 is 0 Å².